The molecule has 1 atom stereocenters. The van der Waals surface area contributed by atoms with Crippen LogP contribution in [0.1, 0.15) is 28.3 Å². The summed E-state index contributed by atoms with van der Waals surface area (Å²) in [7, 11) is 0. The smallest absolute Gasteiger partial charge is 0.225 e. The largest absolute Gasteiger partial charge is 0.325 e. The number of amides is 1. The Morgan fingerprint density at radius 1 is 1.17 bits per heavy atom. The van der Waals surface area contributed by atoms with Crippen molar-refractivity contribution in [3.8, 4) is 11.1 Å². The summed E-state index contributed by atoms with van der Waals surface area (Å²) >= 11 is 1.62. The number of hydrogen-bond acceptors (Lipinski definition) is 2. The van der Waals surface area contributed by atoms with Gasteiger partial charge in [0.05, 0.1) is 5.69 Å². The molecular formula is C20H16FNOS. The van der Waals surface area contributed by atoms with Gasteiger partial charge in [0.1, 0.15) is 5.82 Å². The minimum absolute atomic E-state index is 0.00382. The van der Waals surface area contributed by atoms with Gasteiger partial charge in [-0.3, -0.25) is 4.79 Å². The maximum absolute atomic E-state index is 13.6. The van der Waals surface area contributed by atoms with Crippen molar-refractivity contribution in [3.05, 3.63) is 75.7 Å². The van der Waals surface area contributed by atoms with Gasteiger partial charge in [-0.15, -0.1) is 11.3 Å². The zero-order valence-electron chi connectivity index (χ0n) is 13.2. The number of thiophene rings is 1. The lowest BCUT2D eigenvalue weighted by Crippen LogP contribution is -2.22. The minimum Gasteiger partial charge on any atom is -0.325 e. The number of anilines is 1. The molecule has 0 spiro atoms. The molecule has 0 unspecified atom stereocenters. The van der Waals surface area contributed by atoms with Crippen LogP contribution in [-0.4, -0.2) is 5.91 Å². The average molecular weight is 337 g/mol. The second kappa shape index (κ2) is 5.87. The van der Waals surface area contributed by atoms with Crippen LogP contribution in [0.25, 0.3) is 11.1 Å². The first-order valence-electron chi connectivity index (χ1n) is 7.85. The van der Waals surface area contributed by atoms with Gasteiger partial charge in [0.15, 0.2) is 0 Å². The van der Waals surface area contributed by atoms with E-state index in [9.17, 15) is 9.18 Å². The number of rotatable bonds is 2. The minimum atomic E-state index is -0.273. The van der Waals surface area contributed by atoms with Crippen LogP contribution < -0.4 is 5.32 Å². The molecule has 1 amide bonds. The standard InChI is InChI=1S/C20H16FNOS/c1-12-5-7-13(8-6-12)16-10-18(23)22-19-17(11-24-20(16)19)14-3-2-4-15(21)9-14/h2-9,11,16H,10H2,1H3,(H,22,23)/t16-/m1/s1. The molecule has 4 heteroatoms. The van der Waals surface area contributed by atoms with Crippen LogP contribution in [0, 0.1) is 12.7 Å². The van der Waals surface area contributed by atoms with E-state index in [0.717, 1.165) is 27.3 Å². The maximum Gasteiger partial charge on any atom is 0.225 e. The van der Waals surface area contributed by atoms with Gasteiger partial charge in [-0.1, -0.05) is 42.0 Å². The number of carbonyl (C=O) groups excluding carboxylic acids is 1. The fourth-order valence-electron chi connectivity index (χ4n) is 3.16. The maximum atomic E-state index is 13.6. The van der Waals surface area contributed by atoms with Gasteiger partial charge in [0.25, 0.3) is 0 Å². The Kier molecular flexibility index (Phi) is 3.69. The van der Waals surface area contributed by atoms with E-state index in [1.54, 1.807) is 17.4 Å². The summed E-state index contributed by atoms with van der Waals surface area (Å²) in [6.45, 7) is 2.05. The molecule has 1 N–H and O–H groups in total. The molecule has 120 valence electrons. The molecular weight excluding hydrogens is 321 g/mol. The Bertz CT molecular complexity index is 914. The molecule has 4 rings (SSSR count). The zero-order chi connectivity index (χ0) is 16.7. The normalized spacial score (nSPS) is 16.6. The van der Waals surface area contributed by atoms with E-state index in [4.69, 9.17) is 0 Å². The Labute approximate surface area is 144 Å². The highest BCUT2D eigenvalue weighted by atomic mass is 32.1. The van der Waals surface area contributed by atoms with Crippen molar-refractivity contribution < 1.29 is 9.18 Å². The summed E-state index contributed by atoms with van der Waals surface area (Å²) < 4.78 is 13.6. The molecule has 24 heavy (non-hydrogen) atoms. The number of nitrogens with one attached hydrogen (secondary N) is 1. The topological polar surface area (TPSA) is 29.1 Å². The highest BCUT2D eigenvalue weighted by Gasteiger charge is 2.30. The summed E-state index contributed by atoms with van der Waals surface area (Å²) in [6.07, 6.45) is 0.444. The molecule has 2 heterocycles. The van der Waals surface area contributed by atoms with Gasteiger partial charge in [0, 0.05) is 28.2 Å². The first-order chi connectivity index (χ1) is 11.6. The molecule has 1 aromatic heterocycles. The molecule has 1 aliphatic heterocycles. The molecule has 0 aliphatic carbocycles. The average Bonchev–Trinajstić information content (AvgIpc) is 2.98. The molecule has 2 aromatic carbocycles. The third-order valence-electron chi connectivity index (χ3n) is 4.41. The number of hydrogen-bond donors (Lipinski definition) is 1. The highest BCUT2D eigenvalue weighted by molar-refractivity contribution is 7.11. The van der Waals surface area contributed by atoms with Crippen molar-refractivity contribution >= 4 is 22.9 Å². The molecule has 0 saturated carbocycles. The lowest BCUT2D eigenvalue weighted by molar-refractivity contribution is -0.116. The van der Waals surface area contributed by atoms with Crippen LogP contribution >= 0.6 is 11.3 Å². The molecule has 2 nitrogen and oxygen atoms in total. The van der Waals surface area contributed by atoms with Crippen LogP contribution in [0.4, 0.5) is 10.1 Å². The van der Waals surface area contributed by atoms with Crippen LogP contribution in [0.5, 0.6) is 0 Å². The van der Waals surface area contributed by atoms with E-state index in [2.05, 4.69) is 36.5 Å². The second-order valence-corrected chi connectivity index (χ2v) is 7.03. The van der Waals surface area contributed by atoms with Crippen LogP contribution in [-0.2, 0) is 4.79 Å². The van der Waals surface area contributed by atoms with Crippen molar-refractivity contribution in [2.24, 2.45) is 0 Å². The Morgan fingerprint density at radius 2 is 1.96 bits per heavy atom. The van der Waals surface area contributed by atoms with E-state index in [0.29, 0.717) is 6.42 Å². The zero-order valence-corrected chi connectivity index (χ0v) is 14.0. The monoisotopic (exact) mass is 337 g/mol. The van der Waals surface area contributed by atoms with Gasteiger partial charge in [-0.2, -0.15) is 0 Å². The fourth-order valence-corrected chi connectivity index (χ4v) is 4.32. The third-order valence-corrected chi connectivity index (χ3v) is 5.50. The summed E-state index contributed by atoms with van der Waals surface area (Å²) in [5.41, 5.74) is 4.85. The fraction of sp³-hybridized carbons (Fsp3) is 0.150. The van der Waals surface area contributed by atoms with Gasteiger partial charge >= 0.3 is 0 Å². The van der Waals surface area contributed by atoms with Crippen molar-refractivity contribution in [2.75, 3.05) is 5.32 Å². The molecule has 3 aromatic rings. The first-order valence-corrected chi connectivity index (χ1v) is 8.73. The number of benzene rings is 2. The second-order valence-electron chi connectivity index (χ2n) is 6.11. The van der Waals surface area contributed by atoms with Gasteiger partial charge in [-0.25, -0.2) is 4.39 Å². The predicted molar refractivity (Wildman–Crippen MR) is 96.0 cm³/mol. The van der Waals surface area contributed by atoms with E-state index >= 15 is 0 Å². The van der Waals surface area contributed by atoms with Crippen molar-refractivity contribution in [1.82, 2.24) is 0 Å². The lowest BCUT2D eigenvalue weighted by atomic mass is 9.89. The third kappa shape index (κ3) is 2.63. The van der Waals surface area contributed by atoms with Gasteiger partial charge in [-0.05, 0) is 30.2 Å². The molecule has 0 fully saturated rings. The van der Waals surface area contributed by atoms with Crippen LogP contribution in [0.15, 0.2) is 53.9 Å². The van der Waals surface area contributed by atoms with Crippen LogP contribution in [0.2, 0.25) is 0 Å². The Hall–Kier alpha value is -2.46. The summed E-state index contributed by atoms with van der Waals surface area (Å²) in [5, 5.41) is 4.99. The highest BCUT2D eigenvalue weighted by Crippen LogP contribution is 2.46. The van der Waals surface area contributed by atoms with E-state index in [-0.39, 0.29) is 17.6 Å². The van der Waals surface area contributed by atoms with Gasteiger partial charge in [0.2, 0.25) is 5.91 Å². The Morgan fingerprint density at radius 3 is 2.71 bits per heavy atom. The van der Waals surface area contributed by atoms with E-state index < -0.39 is 0 Å². The number of aryl methyl sites for hydroxylation is 1. The molecule has 0 radical (unpaired) electrons. The summed E-state index contributed by atoms with van der Waals surface area (Å²) in [4.78, 5) is 13.4. The number of fused-ring (bicyclic) bond motifs is 1. The SMILES string of the molecule is Cc1ccc([C@H]2CC(=O)Nc3c(-c4cccc(F)c4)csc32)cc1. The molecule has 0 bridgehead atoms. The quantitative estimate of drug-likeness (QED) is 0.672. The summed E-state index contributed by atoms with van der Waals surface area (Å²) in [5.74, 6) is -0.213. The van der Waals surface area contributed by atoms with Crippen LogP contribution in [0.3, 0.4) is 0 Å². The van der Waals surface area contributed by atoms with Crippen molar-refractivity contribution in [1.29, 1.82) is 0 Å². The lowest BCUT2D eigenvalue weighted by Gasteiger charge is -2.24. The van der Waals surface area contributed by atoms with E-state index in [1.165, 1.54) is 17.7 Å². The van der Waals surface area contributed by atoms with Crippen molar-refractivity contribution in [3.63, 3.8) is 0 Å². The van der Waals surface area contributed by atoms with E-state index in [1.807, 2.05) is 11.4 Å². The molecule has 0 saturated heterocycles. The first kappa shape index (κ1) is 15.1. The predicted octanol–water partition coefficient (Wildman–Crippen LogP) is 5.34. The Balaban J connectivity index is 1.81. The summed E-state index contributed by atoms with van der Waals surface area (Å²) in [6, 6.07) is 14.8. The number of halogens is 1. The van der Waals surface area contributed by atoms with Gasteiger partial charge < -0.3 is 5.32 Å². The van der Waals surface area contributed by atoms with Crippen molar-refractivity contribution in [2.45, 2.75) is 19.3 Å². The number of carbonyl (C=O) groups is 1. The molecule has 1 aliphatic rings.